The quantitative estimate of drug-likeness (QED) is 0.707. The van der Waals surface area contributed by atoms with Gasteiger partial charge in [0.1, 0.15) is 0 Å². The molecule has 1 unspecified atom stereocenters. The average molecular weight is 254 g/mol. The summed E-state index contributed by atoms with van der Waals surface area (Å²) in [5.74, 6) is 0. The van der Waals surface area contributed by atoms with E-state index in [9.17, 15) is 5.11 Å². The van der Waals surface area contributed by atoms with E-state index in [4.69, 9.17) is 0 Å². The normalized spacial score (nSPS) is 33.0. The Kier molecular flexibility index (Phi) is 3.35. The third-order valence-electron chi connectivity index (χ3n) is 4.39. The summed E-state index contributed by atoms with van der Waals surface area (Å²) in [6, 6.07) is 0.589. The first-order chi connectivity index (χ1) is 8.28. The van der Waals surface area contributed by atoms with Crippen molar-refractivity contribution in [3.8, 4) is 0 Å². The lowest BCUT2D eigenvalue weighted by molar-refractivity contribution is 0.0994. The van der Waals surface area contributed by atoms with Crippen LogP contribution in [0.3, 0.4) is 0 Å². The lowest BCUT2D eigenvalue weighted by Gasteiger charge is -2.38. The maximum atomic E-state index is 10.0. The number of nitrogens with one attached hydrogen (secondary N) is 1. The van der Waals surface area contributed by atoms with E-state index in [0.717, 1.165) is 18.0 Å². The Morgan fingerprint density at radius 3 is 2.35 bits per heavy atom. The van der Waals surface area contributed by atoms with E-state index in [2.05, 4.69) is 10.3 Å². The zero-order valence-corrected chi connectivity index (χ0v) is 11.1. The lowest BCUT2D eigenvalue weighted by atomic mass is 9.83. The van der Waals surface area contributed by atoms with Gasteiger partial charge in [0.2, 0.25) is 0 Å². The van der Waals surface area contributed by atoms with Crippen molar-refractivity contribution in [3.05, 3.63) is 0 Å². The number of thioether (sulfide) groups is 1. The first kappa shape index (κ1) is 11.8. The van der Waals surface area contributed by atoms with Crippen molar-refractivity contribution in [3.63, 3.8) is 0 Å². The second kappa shape index (κ2) is 4.81. The molecule has 3 nitrogen and oxygen atoms in total. The standard InChI is InChI=1S/C13H22N2OS/c16-11-13(8-5-9-13)17-12(15-11)14-10-6-3-1-2-4-7-10/h10-11,16H,1-9H2,(H,14,15). The zero-order valence-electron chi connectivity index (χ0n) is 10.3. The molecule has 17 heavy (non-hydrogen) atoms. The van der Waals surface area contributed by atoms with Gasteiger partial charge >= 0.3 is 0 Å². The van der Waals surface area contributed by atoms with Crippen LogP contribution in [-0.4, -0.2) is 27.3 Å². The molecule has 1 atom stereocenters. The first-order valence-corrected chi connectivity index (χ1v) is 7.82. The van der Waals surface area contributed by atoms with Crippen LogP contribution in [0.15, 0.2) is 4.99 Å². The summed E-state index contributed by atoms with van der Waals surface area (Å²) < 4.78 is 0.0487. The molecule has 3 rings (SSSR count). The smallest absolute Gasteiger partial charge is 0.163 e. The zero-order chi connectivity index (χ0) is 11.7. The highest BCUT2D eigenvalue weighted by molar-refractivity contribution is 8.15. The largest absolute Gasteiger partial charge is 0.370 e. The van der Waals surface area contributed by atoms with E-state index < -0.39 is 6.23 Å². The Morgan fingerprint density at radius 1 is 1.12 bits per heavy atom. The van der Waals surface area contributed by atoms with E-state index in [-0.39, 0.29) is 4.75 Å². The molecule has 2 fully saturated rings. The minimum atomic E-state index is -0.463. The third kappa shape index (κ3) is 2.34. The maximum absolute atomic E-state index is 10.0. The Hall–Kier alpha value is -0.220. The molecular formula is C13H22N2OS. The van der Waals surface area contributed by atoms with Crippen LogP contribution in [0, 0.1) is 0 Å². The summed E-state index contributed by atoms with van der Waals surface area (Å²) in [5.41, 5.74) is 0. The van der Waals surface area contributed by atoms with Gasteiger partial charge in [-0.05, 0) is 25.7 Å². The minimum Gasteiger partial charge on any atom is -0.370 e. The number of aliphatic hydroxyl groups is 1. The minimum absolute atomic E-state index is 0.0487. The molecule has 3 aliphatic rings. The highest BCUT2D eigenvalue weighted by Crippen LogP contribution is 2.50. The molecule has 0 amide bonds. The molecule has 2 aliphatic carbocycles. The van der Waals surface area contributed by atoms with Crippen molar-refractivity contribution in [2.75, 3.05) is 0 Å². The van der Waals surface area contributed by atoms with Gasteiger partial charge in [0.25, 0.3) is 0 Å². The summed E-state index contributed by atoms with van der Waals surface area (Å²) in [6.45, 7) is 0. The van der Waals surface area contributed by atoms with Gasteiger partial charge in [0, 0.05) is 6.04 Å². The fourth-order valence-corrected chi connectivity index (χ4v) is 4.46. The number of rotatable bonds is 1. The summed E-state index contributed by atoms with van der Waals surface area (Å²) >= 11 is 1.80. The van der Waals surface area contributed by atoms with Gasteiger partial charge in [-0.3, -0.25) is 0 Å². The second-order valence-corrected chi connectivity index (χ2v) is 7.07. The molecule has 0 saturated heterocycles. The van der Waals surface area contributed by atoms with Crippen LogP contribution in [0.4, 0.5) is 0 Å². The predicted molar refractivity (Wildman–Crippen MR) is 72.2 cm³/mol. The monoisotopic (exact) mass is 254 g/mol. The van der Waals surface area contributed by atoms with E-state index >= 15 is 0 Å². The van der Waals surface area contributed by atoms with Crippen molar-refractivity contribution >= 4 is 16.9 Å². The highest BCUT2D eigenvalue weighted by atomic mass is 32.2. The number of amidine groups is 1. The molecule has 96 valence electrons. The first-order valence-electron chi connectivity index (χ1n) is 7.00. The molecule has 2 N–H and O–H groups in total. The topological polar surface area (TPSA) is 44.6 Å². The van der Waals surface area contributed by atoms with Gasteiger partial charge in [-0.25, -0.2) is 4.99 Å². The van der Waals surface area contributed by atoms with Crippen LogP contribution in [0.5, 0.6) is 0 Å². The predicted octanol–water partition coefficient (Wildman–Crippen LogP) is 2.64. The lowest BCUT2D eigenvalue weighted by Crippen LogP contribution is -2.42. The van der Waals surface area contributed by atoms with Gasteiger partial charge in [-0.1, -0.05) is 43.9 Å². The molecule has 0 radical (unpaired) electrons. The molecule has 1 aliphatic heterocycles. The Balaban J connectivity index is 1.56. The molecule has 0 aromatic rings. The van der Waals surface area contributed by atoms with Crippen LogP contribution in [0.2, 0.25) is 0 Å². The van der Waals surface area contributed by atoms with Crippen molar-refractivity contribution in [2.24, 2.45) is 4.99 Å². The second-order valence-electron chi connectivity index (χ2n) is 5.66. The molecule has 0 aromatic carbocycles. The SMILES string of the molecule is OC1N=C(NC2CCCCCC2)SC12CCC2. The summed E-state index contributed by atoms with van der Waals surface area (Å²) in [5, 5.41) is 14.6. The summed E-state index contributed by atoms with van der Waals surface area (Å²) in [6.07, 6.45) is 11.0. The highest BCUT2D eigenvalue weighted by Gasteiger charge is 2.49. The van der Waals surface area contributed by atoms with Crippen LogP contribution in [0.1, 0.15) is 57.8 Å². The van der Waals surface area contributed by atoms with Gasteiger partial charge in [0.05, 0.1) is 4.75 Å². The number of aliphatic imine (C=N–C) groups is 1. The Bertz CT molecular complexity index is 307. The van der Waals surface area contributed by atoms with Gasteiger partial charge in [-0.15, -0.1) is 0 Å². The fourth-order valence-electron chi connectivity index (χ4n) is 3.05. The van der Waals surface area contributed by atoms with Crippen LogP contribution in [-0.2, 0) is 0 Å². The van der Waals surface area contributed by atoms with Gasteiger partial charge in [-0.2, -0.15) is 0 Å². The van der Waals surface area contributed by atoms with Crippen molar-refractivity contribution in [1.82, 2.24) is 5.32 Å². The van der Waals surface area contributed by atoms with Crippen molar-refractivity contribution in [2.45, 2.75) is 74.8 Å². The van der Waals surface area contributed by atoms with Crippen LogP contribution >= 0.6 is 11.8 Å². The number of hydrogen-bond donors (Lipinski definition) is 2. The number of hydrogen-bond acceptors (Lipinski definition) is 4. The molecule has 4 heteroatoms. The van der Waals surface area contributed by atoms with E-state index in [1.54, 1.807) is 11.8 Å². The molecule has 1 heterocycles. The number of nitrogens with zero attached hydrogens (tertiary/aromatic N) is 1. The van der Waals surface area contributed by atoms with Crippen molar-refractivity contribution < 1.29 is 5.11 Å². The Labute approximate surface area is 107 Å². The van der Waals surface area contributed by atoms with Gasteiger partial charge < -0.3 is 10.4 Å². The van der Waals surface area contributed by atoms with Crippen LogP contribution < -0.4 is 5.32 Å². The molecule has 0 aromatic heterocycles. The number of aliphatic hydroxyl groups excluding tert-OH is 1. The Morgan fingerprint density at radius 2 is 1.82 bits per heavy atom. The molecular weight excluding hydrogens is 232 g/mol. The molecule has 1 spiro atoms. The van der Waals surface area contributed by atoms with E-state index in [1.807, 2.05) is 0 Å². The average Bonchev–Trinajstić information content (AvgIpc) is 2.46. The maximum Gasteiger partial charge on any atom is 0.163 e. The van der Waals surface area contributed by atoms with Crippen molar-refractivity contribution in [1.29, 1.82) is 0 Å². The van der Waals surface area contributed by atoms with E-state index in [1.165, 1.54) is 44.9 Å². The summed E-state index contributed by atoms with van der Waals surface area (Å²) in [7, 11) is 0. The van der Waals surface area contributed by atoms with E-state index in [0.29, 0.717) is 6.04 Å². The fraction of sp³-hybridized carbons (Fsp3) is 0.923. The summed E-state index contributed by atoms with van der Waals surface area (Å²) in [4.78, 5) is 4.41. The third-order valence-corrected chi connectivity index (χ3v) is 5.83. The molecule has 0 bridgehead atoms. The van der Waals surface area contributed by atoms with Gasteiger partial charge in [0.15, 0.2) is 11.4 Å². The molecule has 2 saturated carbocycles. The van der Waals surface area contributed by atoms with Crippen LogP contribution in [0.25, 0.3) is 0 Å².